The largest absolute Gasteiger partial charge is 0.383 e. The number of hydrogen-bond acceptors (Lipinski definition) is 4. The number of ether oxygens (including phenoxy) is 1. The first-order chi connectivity index (χ1) is 8.27. The Kier molecular flexibility index (Phi) is 6.56. The first kappa shape index (κ1) is 13.9. The summed E-state index contributed by atoms with van der Waals surface area (Å²) in [7, 11) is 1.67. The Morgan fingerprint density at radius 1 is 1.53 bits per heavy atom. The summed E-state index contributed by atoms with van der Waals surface area (Å²) < 4.78 is 5.05. The quantitative estimate of drug-likeness (QED) is 0.747. The van der Waals surface area contributed by atoms with Gasteiger partial charge in [0.2, 0.25) is 0 Å². The van der Waals surface area contributed by atoms with E-state index in [4.69, 9.17) is 21.6 Å². The minimum atomic E-state index is 0.506. The molecule has 0 fully saturated rings. The normalized spacial score (nSPS) is 10.5. The van der Waals surface area contributed by atoms with Crippen molar-refractivity contribution < 1.29 is 4.74 Å². The second-order valence-corrected chi connectivity index (χ2v) is 4.05. The Labute approximate surface area is 107 Å². The molecule has 0 N–H and O–H groups in total. The van der Waals surface area contributed by atoms with E-state index in [2.05, 4.69) is 16.0 Å². The number of nitrogens with zero attached hydrogens (tertiary/aromatic N) is 3. The van der Waals surface area contributed by atoms with Crippen molar-refractivity contribution in [2.75, 3.05) is 26.8 Å². The topological polar surface area (TPSA) is 49.1 Å². The van der Waals surface area contributed by atoms with E-state index in [-0.39, 0.29) is 0 Å². The molecule has 17 heavy (non-hydrogen) atoms. The molecule has 0 atom stereocenters. The number of aromatic nitrogens is 1. The Morgan fingerprint density at radius 3 is 3.00 bits per heavy atom. The Bertz CT molecular complexity index is 378. The van der Waals surface area contributed by atoms with Crippen molar-refractivity contribution in [3.63, 3.8) is 0 Å². The van der Waals surface area contributed by atoms with Gasteiger partial charge in [-0.05, 0) is 11.6 Å². The second kappa shape index (κ2) is 8.02. The van der Waals surface area contributed by atoms with E-state index < -0.39 is 0 Å². The van der Waals surface area contributed by atoms with Gasteiger partial charge in [0.05, 0.1) is 17.7 Å². The van der Waals surface area contributed by atoms with Crippen molar-refractivity contribution in [2.45, 2.75) is 13.0 Å². The molecule has 0 aliphatic carbocycles. The molecule has 0 saturated heterocycles. The predicted octanol–water partition coefficient (Wildman–Crippen LogP) is 2.10. The molecule has 5 heteroatoms. The van der Waals surface area contributed by atoms with Gasteiger partial charge in [-0.2, -0.15) is 5.26 Å². The molecule has 0 aliphatic rings. The molecule has 0 saturated carbocycles. The Hall–Kier alpha value is -1.15. The van der Waals surface area contributed by atoms with Crippen molar-refractivity contribution in [1.29, 1.82) is 5.26 Å². The van der Waals surface area contributed by atoms with E-state index in [0.29, 0.717) is 24.6 Å². The van der Waals surface area contributed by atoms with E-state index in [1.807, 2.05) is 6.07 Å². The molecule has 92 valence electrons. The van der Waals surface area contributed by atoms with Crippen LogP contribution in [0.4, 0.5) is 0 Å². The molecule has 1 rings (SSSR count). The maximum atomic E-state index is 8.62. The number of halogens is 1. The molecule has 0 unspecified atom stereocenters. The van der Waals surface area contributed by atoms with Gasteiger partial charge in [0.15, 0.2) is 0 Å². The monoisotopic (exact) mass is 253 g/mol. The summed E-state index contributed by atoms with van der Waals surface area (Å²) in [5.41, 5.74) is 1.02. The molecule has 1 aromatic rings. The summed E-state index contributed by atoms with van der Waals surface area (Å²) in [4.78, 5) is 6.10. The van der Waals surface area contributed by atoms with E-state index in [1.54, 1.807) is 19.5 Å². The average molecular weight is 254 g/mol. The third-order valence-corrected chi connectivity index (χ3v) is 2.74. The lowest BCUT2D eigenvalue weighted by atomic mass is 10.2. The van der Waals surface area contributed by atoms with Gasteiger partial charge in [-0.15, -0.1) is 0 Å². The maximum Gasteiger partial charge on any atom is 0.0635 e. The van der Waals surface area contributed by atoms with Gasteiger partial charge >= 0.3 is 0 Å². The van der Waals surface area contributed by atoms with Crippen LogP contribution in [-0.4, -0.2) is 36.7 Å². The van der Waals surface area contributed by atoms with Gasteiger partial charge in [-0.1, -0.05) is 11.6 Å². The van der Waals surface area contributed by atoms with Crippen molar-refractivity contribution in [3.05, 3.63) is 29.0 Å². The lowest BCUT2D eigenvalue weighted by Gasteiger charge is -2.21. The van der Waals surface area contributed by atoms with Crippen LogP contribution in [0.25, 0.3) is 0 Å². The summed E-state index contributed by atoms with van der Waals surface area (Å²) in [5, 5.41) is 9.28. The predicted molar refractivity (Wildman–Crippen MR) is 66.6 cm³/mol. The third kappa shape index (κ3) is 5.14. The maximum absolute atomic E-state index is 8.62. The van der Waals surface area contributed by atoms with Crippen molar-refractivity contribution in [1.82, 2.24) is 9.88 Å². The number of nitriles is 1. The lowest BCUT2D eigenvalue weighted by molar-refractivity contribution is 0.145. The number of methoxy groups -OCH3 is 1. The molecule has 0 aromatic carbocycles. The Morgan fingerprint density at radius 2 is 2.35 bits per heavy atom. The summed E-state index contributed by atoms with van der Waals surface area (Å²) in [6, 6.07) is 4.04. The van der Waals surface area contributed by atoms with E-state index in [0.717, 1.165) is 18.7 Å². The van der Waals surface area contributed by atoms with Crippen LogP contribution in [0.5, 0.6) is 0 Å². The van der Waals surface area contributed by atoms with Crippen molar-refractivity contribution >= 4 is 11.6 Å². The lowest BCUT2D eigenvalue weighted by Crippen LogP contribution is -2.28. The number of pyridine rings is 1. The molecule has 1 heterocycles. The second-order valence-electron chi connectivity index (χ2n) is 3.64. The fourth-order valence-corrected chi connectivity index (χ4v) is 1.65. The fourth-order valence-electron chi connectivity index (χ4n) is 1.47. The zero-order valence-electron chi connectivity index (χ0n) is 9.90. The first-order valence-electron chi connectivity index (χ1n) is 5.44. The van der Waals surface area contributed by atoms with Gasteiger partial charge in [0.1, 0.15) is 0 Å². The van der Waals surface area contributed by atoms with E-state index >= 15 is 0 Å². The summed E-state index contributed by atoms with van der Waals surface area (Å²) in [5.74, 6) is 0. The molecule has 0 bridgehead atoms. The molecular formula is C12H16ClN3O. The van der Waals surface area contributed by atoms with Crippen LogP contribution < -0.4 is 0 Å². The Balaban J connectivity index is 2.58. The zero-order chi connectivity index (χ0) is 12.5. The smallest absolute Gasteiger partial charge is 0.0635 e. The molecule has 0 aliphatic heterocycles. The standard InChI is InChI=1S/C12H16ClN3O/c1-17-8-7-16(6-2-4-14)10-11-3-5-15-9-12(11)13/h3,5,9H,2,6-8,10H2,1H3. The third-order valence-electron chi connectivity index (χ3n) is 2.40. The van der Waals surface area contributed by atoms with Gasteiger partial charge in [-0.25, -0.2) is 0 Å². The molecule has 0 spiro atoms. The highest BCUT2D eigenvalue weighted by atomic mass is 35.5. The highest BCUT2D eigenvalue weighted by molar-refractivity contribution is 6.31. The molecular weight excluding hydrogens is 238 g/mol. The van der Waals surface area contributed by atoms with Crippen LogP contribution in [-0.2, 0) is 11.3 Å². The molecule has 0 amide bonds. The fraction of sp³-hybridized carbons (Fsp3) is 0.500. The zero-order valence-corrected chi connectivity index (χ0v) is 10.7. The van der Waals surface area contributed by atoms with Gasteiger partial charge in [0.25, 0.3) is 0 Å². The van der Waals surface area contributed by atoms with Crippen LogP contribution >= 0.6 is 11.6 Å². The van der Waals surface area contributed by atoms with Crippen LogP contribution in [0.3, 0.4) is 0 Å². The van der Waals surface area contributed by atoms with Gasteiger partial charge in [0, 0.05) is 45.6 Å². The highest BCUT2D eigenvalue weighted by Gasteiger charge is 2.08. The summed E-state index contributed by atoms with van der Waals surface area (Å²) in [6.07, 6.45) is 3.86. The highest BCUT2D eigenvalue weighted by Crippen LogP contribution is 2.15. The minimum Gasteiger partial charge on any atom is -0.383 e. The summed E-state index contributed by atoms with van der Waals surface area (Å²) in [6.45, 7) is 2.87. The van der Waals surface area contributed by atoms with Gasteiger partial charge in [-0.3, -0.25) is 9.88 Å². The van der Waals surface area contributed by atoms with E-state index in [9.17, 15) is 0 Å². The van der Waals surface area contributed by atoms with Gasteiger partial charge < -0.3 is 4.74 Å². The van der Waals surface area contributed by atoms with Crippen LogP contribution in [0.2, 0.25) is 5.02 Å². The van der Waals surface area contributed by atoms with Crippen LogP contribution in [0.15, 0.2) is 18.5 Å². The number of hydrogen-bond donors (Lipinski definition) is 0. The average Bonchev–Trinajstić information content (AvgIpc) is 2.35. The molecule has 0 radical (unpaired) electrons. The first-order valence-corrected chi connectivity index (χ1v) is 5.82. The SMILES string of the molecule is COCCN(CCC#N)Cc1ccncc1Cl. The molecule has 4 nitrogen and oxygen atoms in total. The molecule has 1 aromatic heterocycles. The van der Waals surface area contributed by atoms with Crippen molar-refractivity contribution in [3.8, 4) is 6.07 Å². The number of rotatable bonds is 7. The van der Waals surface area contributed by atoms with E-state index in [1.165, 1.54) is 0 Å². The van der Waals surface area contributed by atoms with Crippen LogP contribution in [0, 0.1) is 11.3 Å². The minimum absolute atomic E-state index is 0.506. The van der Waals surface area contributed by atoms with Crippen molar-refractivity contribution in [2.24, 2.45) is 0 Å². The van der Waals surface area contributed by atoms with Crippen LogP contribution in [0.1, 0.15) is 12.0 Å². The summed E-state index contributed by atoms with van der Waals surface area (Å²) >= 11 is 6.05.